The first-order valence-corrected chi connectivity index (χ1v) is 41.2. The van der Waals surface area contributed by atoms with E-state index >= 15 is 0 Å². The van der Waals surface area contributed by atoms with Gasteiger partial charge < -0.3 is 132 Å². The van der Waals surface area contributed by atoms with E-state index in [1.165, 1.54) is 33.1 Å². The van der Waals surface area contributed by atoms with Crippen LogP contribution in [0.2, 0.25) is 0 Å². The molecule has 4 aromatic rings. The number of ether oxygens (including phenoxy) is 7. The molecular formula is C76H114N20O18S2. The Bertz CT molecular complexity index is 4050. The van der Waals surface area contributed by atoms with Crippen LogP contribution in [0.5, 0.6) is 28.7 Å². The van der Waals surface area contributed by atoms with Gasteiger partial charge in [0.25, 0.3) is 0 Å². The van der Waals surface area contributed by atoms with Crippen molar-refractivity contribution in [1.82, 2.24) is 47.5 Å². The number of benzene rings is 3. The summed E-state index contributed by atoms with van der Waals surface area (Å²) in [5, 5.41) is 22.7. The molecule has 0 radical (unpaired) electrons. The van der Waals surface area contributed by atoms with E-state index in [0.717, 1.165) is 22.7 Å². The number of fused-ring (bicyclic) bond motifs is 4. The highest BCUT2D eigenvalue weighted by Crippen LogP contribution is 2.57. The van der Waals surface area contributed by atoms with Crippen LogP contribution in [0.3, 0.4) is 0 Å². The van der Waals surface area contributed by atoms with Crippen molar-refractivity contribution in [3.63, 3.8) is 0 Å². The highest BCUT2D eigenvalue weighted by molar-refractivity contribution is 8.00. The minimum absolute atomic E-state index is 0.0110. The van der Waals surface area contributed by atoms with E-state index in [9.17, 15) is 52.7 Å². The smallest absolute Gasteiger partial charge is 0.316 e. The molecule has 12 atom stereocenters. The third-order valence-electron chi connectivity index (χ3n) is 19.8. The van der Waals surface area contributed by atoms with Crippen molar-refractivity contribution < 1.29 is 85.9 Å². The van der Waals surface area contributed by atoms with Gasteiger partial charge in [0.2, 0.25) is 65.7 Å². The maximum atomic E-state index is 14.9. The molecule has 2 aliphatic heterocycles. The Morgan fingerprint density at radius 1 is 0.586 bits per heavy atom. The highest BCUT2D eigenvalue weighted by atomic mass is 32.2. The number of aromatic amines is 1. The lowest BCUT2D eigenvalue weighted by molar-refractivity contribution is -0.151. The Balaban J connectivity index is 1.01. The van der Waals surface area contributed by atoms with Crippen molar-refractivity contribution in [1.29, 1.82) is 0 Å². The molecule has 1 aromatic heterocycles. The standard InChI is InChI=1S/C76H114N20O18S2/c1-108-58-32-41(33-59(109-2)65(58)110-3)62-44-34-56-57(113-40-112-56)35-45(44)64(46-37-111-74(107)63(46)62)114-61(98)39-116-38-47(80)67(100)86-29-22-60(97)90-50(20-13-27-87-75(82)83)68(101)93-53(21-14-28-88-76(84)85)70(103)95-54(23-30-115-4)72(105)92-52(19-9-12-26-79)71(104)96-55(31-42-36-89-48-16-6-5-15-43(42)48)73(106)94-51(18-8-11-25-78)69(102)91-49(66(81)99)17-7-10-24-77/h5-6,15-16,32-36,46-47,49-55,62-64,89H,7-14,17-31,37-40,77-80H2,1-4H3,(H2,81,99)(H,86,100)(H,90,97)(H,91,102)(H,92,105)(H,93,101)(H,94,106)(H,95,103)(H,96,104)(H4,82,83,87)(H4,84,85,88)/t46-,47-,49-,50-,51-,52-,53-,54-,55-,62?,63-,64-/m0/s1. The predicted molar refractivity (Wildman–Crippen MR) is 436 cm³/mol. The van der Waals surface area contributed by atoms with Gasteiger partial charge in [0, 0.05) is 72.7 Å². The van der Waals surface area contributed by atoms with Crippen LogP contribution in [0.4, 0.5) is 0 Å². The first-order valence-electron chi connectivity index (χ1n) is 38.6. The third kappa shape index (κ3) is 27.3. The molecule has 3 heterocycles. The Morgan fingerprint density at radius 3 is 1.59 bits per heavy atom. The molecule has 0 spiro atoms. The number of amides is 9. The molecular weight excluding hydrogens is 1550 g/mol. The quantitative estimate of drug-likeness (QED) is 0.0102. The molecule has 3 aliphatic rings. The number of hydrogen-bond donors (Lipinski definition) is 18. The Kier molecular flexibility index (Phi) is 37.9. The number of hydrogen-bond acceptors (Lipinski definition) is 26. The number of thioether (sulfide) groups is 2. The van der Waals surface area contributed by atoms with E-state index in [2.05, 4.69) is 57.5 Å². The van der Waals surface area contributed by atoms with Crippen LogP contribution in [0, 0.1) is 11.8 Å². The van der Waals surface area contributed by atoms with Crippen molar-refractivity contribution in [2.24, 2.45) is 73.4 Å². The molecule has 1 aliphatic carbocycles. The normalized spacial score (nSPS) is 17.1. The number of nitrogens with zero attached hydrogens (tertiary/aromatic N) is 2. The number of unbranched alkanes of at least 4 members (excludes halogenated alkanes) is 3. The van der Waals surface area contributed by atoms with Crippen LogP contribution >= 0.6 is 23.5 Å². The minimum Gasteiger partial charge on any atom is -0.493 e. The van der Waals surface area contributed by atoms with E-state index in [0.29, 0.717) is 108 Å². The second-order valence-corrected chi connectivity index (χ2v) is 30.2. The van der Waals surface area contributed by atoms with Gasteiger partial charge >= 0.3 is 11.9 Å². The summed E-state index contributed by atoms with van der Waals surface area (Å²) < 4.78 is 40.3. The van der Waals surface area contributed by atoms with E-state index < -0.39 is 137 Å². The molecule has 1 saturated heterocycles. The van der Waals surface area contributed by atoms with Gasteiger partial charge in [0.15, 0.2) is 34.9 Å². The number of nitrogens with one attached hydrogen (secondary N) is 9. The van der Waals surface area contributed by atoms with Crippen LogP contribution in [-0.2, 0) is 68.6 Å². The highest BCUT2D eigenvalue weighted by Gasteiger charge is 2.54. The van der Waals surface area contributed by atoms with Crippen molar-refractivity contribution in [3.05, 3.63) is 77.0 Å². The fourth-order valence-electron chi connectivity index (χ4n) is 13.9. The van der Waals surface area contributed by atoms with Crippen LogP contribution in [0.1, 0.15) is 131 Å². The van der Waals surface area contributed by atoms with E-state index in [-0.39, 0.29) is 127 Å². The molecule has 1 unspecified atom stereocenters. The molecule has 38 nitrogen and oxygen atoms in total. The largest absolute Gasteiger partial charge is 0.493 e. The molecule has 0 bridgehead atoms. The lowest BCUT2D eigenvalue weighted by Crippen LogP contribution is -2.60. The Labute approximate surface area is 681 Å². The lowest BCUT2D eigenvalue weighted by Gasteiger charge is -2.38. The second kappa shape index (κ2) is 47.5. The monoisotopic (exact) mass is 1660 g/mol. The topological polar surface area (TPSA) is 623 Å². The van der Waals surface area contributed by atoms with Crippen LogP contribution in [0.15, 0.2) is 64.7 Å². The van der Waals surface area contributed by atoms with Gasteiger partial charge in [-0.15, -0.1) is 11.8 Å². The number of carbonyl (C=O) groups is 11. The molecule has 9 amide bonds. The Morgan fingerprint density at radius 2 is 1.08 bits per heavy atom. The molecule has 116 heavy (non-hydrogen) atoms. The molecule has 0 saturated carbocycles. The van der Waals surface area contributed by atoms with Gasteiger partial charge in [-0.05, 0) is 169 Å². The number of primary amides is 1. The number of esters is 2. The van der Waals surface area contributed by atoms with Gasteiger partial charge in [-0.3, -0.25) is 62.7 Å². The zero-order chi connectivity index (χ0) is 84.4. The average molecular weight is 1660 g/mol. The zero-order valence-corrected chi connectivity index (χ0v) is 67.6. The van der Waals surface area contributed by atoms with Crippen molar-refractivity contribution >= 4 is 111 Å². The molecule has 638 valence electrons. The first kappa shape index (κ1) is 92.6. The number of H-pyrrole nitrogens is 1. The number of nitrogens with two attached hydrogens (primary N) is 9. The Hall–Kier alpha value is -10.5. The van der Waals surface area contributed by atoms with Crippen molar-refractivity contribution in [2.75, 3.05) is 97.5 Å². The van der Waals surface area contributed by atoms with Crippen LogP contribution in [0.25, 0.3) is 10.9 Å². The van der Waals surface area contributed by atoms with E-state index in [4.69, 9.17) is 84.8 Å². The number of cyclic esters (lactones) is 1. The number of carbonyl (C=O) groups excluding carboxylic acids is 11. The molecule has 40 heteroatoms. The molecule has 27 N–H and O–H groups in total. The second-order valence-electron chi connectivity index (χ2n) is 28.1. The summed E-state index contributed by atoms with van der Waals surface area (Å²) in [5.41, 5.74) is 55.1. The molecule has 1 fully saturated rings. The van der Waals surface area contributed by atoms with Gasteiger partial charge in [-0.1, -0.05) is 18.2 Å². The summed E-state index contributed by atoms with van der Waals surface area (Å²) in [6, 6.07) is 4.03. The number of guanidine groups is 2. The number of rotatable bonds is 52. The van der Waals surface area contributed by atoms with Crippen molar-refractivity contribution in [3.8, 4) is 28.7 Å². The first-order chi connectivity index (χ1) is 55.8. The zero-order valence-electron chi connectivity index (χ0n) is 66.0. The minimum atomic E-state index is -1.41. The van der Waals surface area contributed by atoms with Gasteiger partial charge in [-0.2, -0.15) is 11.8 Å². The van der Waals surface area contributed by atoms with Crippen molar-refractivity contribution in [2.45, 2.75) is 163 Å². The van der Waals surface area contributed by atoms with Crippen LogP contribution < -0.4 is 118 Å². The van der Waals surface area contributed by atoms with E-state index in [1.807, 2.05) is 24.3 Å². The van der Waals surface area contributed by atoms with Gasteiger partial charge in [0.05, 0.1) is 45.6 Å². The third-order valence-corrected chi connectivity index (χ3v) is 21.5. The summed E-state index contributed by atoms with van der Waals surface area (Å²) in [5.74, 6) is -8.76. The summed E-state index contributed by atoms with van der Waals surface area (Å²) in [6.45, 7) is 0.546. The maximum Gasteiger partial charge on any atom is 0.316 e. The maximum absolute atomic E-state index is 14.9. The number of methoxy groups -OCH3 is 3. The van der Waals surface area contributed by atoms with Gasteiger partial charge in [-0.25, -0.2) is 0 Å². The lowest BCUT2D eigenvalue weighted by atomic mass is 9.66. The summed E-state index contributed by atoms with van der Waals surface area (Å²) in [7, 11) is 4.43. The van der Waals surface area contributed by atoms with E-state index in [1.54, 1.807) is 36.7 Å². The fraction of sp³-hybridized carbons (Fsp3) is 0.566. The average Bonchev–Trinajstić information content (AvgIpc) is 1.56. The predicted octanol–water partition coefficient (Wildman–Crippen LogP) is -1.62. The fourth-order valence-corrected chi connectivity index (χ4v) is 15.1. The van der Waals surface area contributed by atoms with Gasteiger partial charge in [0.1, 0.15) is 48.4 Å². The van der Waals surface area contributed by atoms with Crippen LogP contribution in [-0.4, -0.2) is 228 Å². The SMILES string of the molecule is COc1cc(C2c3cc4c(cc3[C@H](OC(=O)CSC[C@H](N)C(=O)NCCC(=O)N[C@@H](CCCN=C(N)N)C(=O)N[C@@H](CCCN=C(N)N)C(=O)N[C@@H](CCSC)C(=O)N[C@@H](CCCCN)C(=O)N[C@@H](Cc3c[nH]c5ccccc35)C(=O)N[C@@H](CCCCN)C(=O)N[C@@H](CCCCN)C(N)=O)[C@H]3COC(=O)[C@H]23)OCO4)cc(OC)c1OC. The molecule has 3 aromatic carbocycles. The summed E-state index contributed by atoms with van der Waals surface area (Å²) in [6.07, 6.45) is 5.18. The number of aliphatic imine (C=N–C) groups is 2. The number of para-hydroxylation sites is 1. The summed E-state index contributed by atoms with van der Waals surface area (Å²) in [4.78, 5) is 166. The number of aromatic nitrogens is 1. The molecule has 7 rings (SSSR count). The summed E-state index contributed by atoms with van der Waals surface area (Å²) >= 11 is 2.37.